The molecule has 1 N–H and O–H groups in total. The maximum atomic E-state index is 12.4. The van der Waals surface area contributed by atoms with Crippen LogP contribution in [0.4, 0.5) is 5.69 Å². The molecule has 6 nitrogen and oxygen atoms in total. The molecule has 2 rings (SSSR count). The van der Waals surface area contributed by atoms with Gasteiger partial charge in [0.25, 0.3) is 5.91 Å². The molecule has 0 saturated carbocycles. The first-order chi connectivity index (χ1) is 12.3. The van der Waals surface area contributed by atoms with Crippen molar-refractivity contribution >= 4 is 23.3 Å². The topological polar surface area (TPSA) is 81.7 Å². The molecular weight excluding hydrogens is 334 g/mol. The summed E-state index contributed by atoms with van der Waals surface area (Å²) in [4.78, 5) is 35.7. The van der Waals surface area contributed by atoms with Crippen molar-refractivity contribution in [2.45, 2.75) is 26.9 Å². The number of esters is 1. The molecule has 0 spiro atoms. The van der Waals surface area contributed by atoms with Crippen LogP contribution in [0.25, 0.3) is 0 Å². The predicted octanol–water partition coefficient (Wildman–Crippen LogP) is 3.39. The molecule has 26 heavy (non-hydrogen) atoms. The van der Waals surface area contributed by atoms with E-state index in [4.69, 9.17) is 9.47 Å². The largest absolute Gasteiger partial charge is 0.481 e. The Morgan fingerprint density at radius 1 is 1.04 bits per heavy atom. The van der Waals surface area contributed by atoms with Gasteiger partial charge in [0.15, 0.2) is 11.9 Å². The summed E-state index contributed by atoms with van der Waals surface area (Å²) in [5, 5.41) is 2.70. The van der Waals surface area contributed by atoms with Crippen LogP contribution in [0.3, 0.4) is 0 Å². The molecule has 0 saturated heterocycles. The highest BCUT2D eigenvalue weighted by Crippen LogP contribution is 2.21. The summed E-state index contributed by atoms with van der Waals surface area (Å²) < 4.78 is 10.4. The molecule has 0 radical (unpaired) electrons. The third kappa shape index (κ3) is 4.47. The van der Waals surface area contributed by atoms with Crippen molar-refractivity contribution in [3.8, 4) is 5.75 Å². The number of carbonyl (C=O) groups excluding carboxylic acids is 3. The summed E-state index contributed by atoms with van der Waals surface area (Å²) in [6, 6.07) is 11.7. The molecule has 0 aromatic heterocycles. The second kappa shape index (κ2) is 8.29. The van der Waals surface area contributed by atoms with E-state index in [1.54, 1.807) is 56.3 Å². The van der Waals surface area contributed by atoms with Crippen LogP contribution in [0.5, 0.6) is 5.75 Å². The summed E-state index contributed by atoms with van der Waals surface area (Å²) >= 11 is 0. The lowest BCUT2D eigenvalue weighted by molar-refractivity contribution is -0.122. The molecule has 0 bridgehead atoms. The van der Waals surface area contributed by atoms with Gasteiger partial charge in [0, 0.05) is 5.56 Å². The number of amides is 1. The van der Waals surface area contributed by atoms with Crippen LogP contribution in [-0.4, -0.2) is 30.9 Å². The molecule has 2 aromatic rings. The smallest absolute Gasteiger partial charge is 0.340 e. The quantitative estimate of drug-likeness (QED) is 0.634. The monoisotopic (exact) mass is 355 g/mol. The maximum absolute atomic E-state index is 12.4. The van der Waals surface area contributed by atoms with Crippen LogP contribution in [-0.2, 0) is 9.53 Å². The molecule has 1 amide bonds. The number of nitrogens with one attached hydrogen (secondary N) is 1. The highest BCUT2D eigenvalue weighted by molar-refractivity contribution is 6.03. The van der Waals surface area contributed by atoms with Gasteiger partial charge in [0.05, 0.1) is 18.4 Å². The first kappa shape index (κ1) is 19.2. The van der Waals surface area contributed by atoms with E-state index in [0.717, 1.165) is 0 Å². The Labute approximate surface area is 152 Å². The van der Waals surface area contributed by atoms with Crippen molar-refractivity contribution in [3.05, 3.63) is 59.2 Å². The zero-order valence-corrected chi connectivity index (χ0v) is 15.2. The fraction of sp³-hybridized carbons (Fsp3) is 0.250. The van der Waals surface area contributed by atoms with Gasteiger partial charge < -0.3 is 14.8 Å². The van der Waals surface area contributed by atoms with Crippen LogP contribution in [0.2, 0.25) is 0 Å². The van der Waals surface area contributed by atoms with Gasteiger partial charge in [-0.15, -0.1) is 0 Å². The van der Waals surface area contributed by atoms with Gasteiger partial charge in [0.1, 0.15) is 5.75 Å². The van der Waals surface area contributed by atoms with Crippen molar-refractivity contribution in [2.24, 2.45) is 0 Å². The molecule has 0 aliphatic rings. The number of hydrogen-bond acceptors (Lipinski definition) is 5. The lowest BCUT2D eigenvalue weighted by Crippen LogP contribution is -2.31. The van der Waals surface area contributed by atoms with Crippen LogP contribution < -0.4 is 10.1 Å². The molecule has 2 aromatic carbocycles. The van der Waals surface area contributed by atoms with E-state index in [-0.39, 0.29) is 5.78 Å². The number of methoxy groups -OCH3 is 1. The fourth-order valence-electron chi connectivity index (χ4n) is 2.41. The summed E-state index contributed by atoms with van der Waals surface area (Å²) in [5.74, 6) is -0.504. The van der Waals surface area contributed by atoms with Gasteiger partial charge in [-0.3, -0.25) is 9.59 Å². The van der Waals surface area contributed by atoms with Gasteiger partial charge in [-0.1, -0.05) is 12.1 Å². The Kier molecular flexibility index (Phi) is 6.11. The fourth-order valence-corrected chi connectivity index (χ4v) is 2.41. The first-order valence-corrected chi connectivity index (χ1v) is 8.10. The van der Waals surface area contributed by atoms with Crippen LogP contribution in [0.15, 0.2) is 42.5 Å². The van der Waals surface area contributed by atoms with E-state index < -0.39 is 18.0 Å². The second-order valence-corrected chi connectivity index (χ2v) is 5.82. The summed E-state index contributed by atoms with van der Waals surface area (Å²) in [5.41, 5.74) is 1.94. The number of carbonyl (C=O) groups is 3. The Morgan fingerprint density at radius 3 is 2.27 bits per heavy atom. The minimum absolute atomic E-state index is 0.0443. The third-order valence-corrected chi connectivity index (χ3v) is 3.86. The molecule has 0 unspecified atom stereocenters. The molecule has 0 aliphatic carbocycles. The van der Waals surface area contributed by atoms with Gasteiger partial charge in [-0.2, -0.15) is 0 Å². The minimum atomic E-state index is -0.802. The Balaban J connectivity index is 2.11. The minimum Gasteiger partial charge on any atom is -0.481 e. The number of ketones is 1. The van der Waals surface area contributed by atoms with Crippen LogP contribution >= 0.6 is 0 Å². The van der Waals surface area contributed by atoms with Crippen LogP contribution in [0, 0.1) is 6.92 Å². The van der Waals surface area contributed by atoms with Crippen molar-refractivity contribution < 1.29 is 23.9 Å². The SMILES string of the molecule is COC(=O)c1c(C)cccc1NC(=O)[C@@H](C)Oc1ccc(C(C)=O)cc1. The number of ether oxygens (including phenoxy) is 2. The lowest BCUT2D eigenvalue weighted by Gasteiger charge is -2.17. The highest BCUT2D eigenvalue weighted by atomic mass is 16.5. The standard InChI is InChI=1S/C20H21NO5/c1-12-6-5-7-17(18(12)20(24)25-4)21-19(23)14(3)26-16-10-8-15(9-11-16)13(2)22/h5-11,14H,1-4H3,(H,21,23)/t14-/m1/s1. The zero-order chi connectivity index (χ0) is 19.3. The van der Waals surface area contributed by atoms with E-state index in [0.29, 0.717) is 28.1 Å². The van der Waals surface area contributed by atoms with Gasteiger partial charge >= 0.3 is 5.97 Å². The van der Waals surface area contributed by atoms with E-state index in [1.165, 1.54) is 14.0 Å². The second-order valence-electron chi connectivity index (χ2n) is 5.82. The van der Waals surface area contributed by atoms with Crippen molar-refractivity contribution in [1.29, 1.82) is 0 Å². The summed E-state index contributed by atoms with van der Waals surface area (Å²) in [6.07, 6.45) is -0.802. The summed E-state index contributed by atoms with van der Waals surface area (Å²) in [7, 11) is 1.29. The number of hydrogen-bond donors (Lipinski definition) is 1. The number of anilines is 1. The number of Topliss-reactive ketones (excluding diaryl/α,β-unsaturated/α-hetero) is 1. The van der Waals surface area contributed by atoms with E-state index >= 15 is 0 Å². The van der Waals surface area contributed by atoms with Gasteiger partial charge in [-0.25, -0.2) is 4.79 Å². The van der Waals surface area contributed by atoms with E-state index in [9.17, 15) is 14.4 Å². The maximum Gasteiger partial charge on any atom is 0.340 e. The Hall–Kier alpha value is -3.15. The van der Waals surface area contributed by atoms with Crippen molar-refractivity contribution in [1.82, 2.24) is 0 Å². The molecular formula is C20H21NO5. The third-order valence-electron chi connectivity index (χ3n) is 3.86. The predicted molar refractivity (Wildman–Crippen MR) is 97.7 cm³/mol. The normalized spacial score (nSPS) is 11.4. The Morgan fingerprint density at radius 2 is 1.69 bits per heavy atom. The number of aryl methyl sites for hydroxylation is 1. The highest BCUT2D eigenvalue weighted by Gasteiger charge is 2.20. The van der Waals surface area contributed by atoms with E-state index in [2.05, 4.69) is 5.32 Å². The van der Waals surface area contributed by atoms with Gasteiger partial charge in [0.2, 0.25) is 0 Å². The number of rotatable bonds is 6. The average molecular weight is 355 g/mol. The van der Waals surface area contributed by atoms with Gasteiger partial charge in [-0.05, 0) is 56.7 Å². The molecule has 0 heterocycles. The molecule has 0 fully saturated rings. The van der Waals surface area contributed by atoms with Crippen LogP contribution in [0.1, 0.15) is 40.1 Å². The lowest BCUT2D eigenvalue weighted by atomic mass is 10.1. The van der Waals surface area contributed by atoms with Crippen molar-refractivity contribution in [2.75, 3.05) is 12.4 Å². The molecule has 1 atom stereocenters. The van der Waals surface area contributed by atoms with Crippen molar-refractivity contribution in [3.63, 3.8) is 0 Å². The average Bonchev–Trinajstić information content (AvgIpc) is 2.61. The first-order valence-electron chi connectivity index (χ1n) is 8.10. The molecule has 0 aliphatic heterocycles. The zero-order valence-electron chi connectivity index (χ0n) is 15.2. The number of benzene rings is 2. The Bertz CT molecular complexity index is 827. The summed E-state index contributed by atoms with van der Waals surface area (Å²) in [6.45, 7) is 4.84. The van der Waals surface area contributed by atoms with E-state index in [1.807, 2.05) is 0 Å². The molecule has 6 heteroatoms. The molecule has 136 valence electrons.